The molecule has 0 amide bonds. The van der Waals surface area contributed by atoms with E-state index in [0.717, 1.165) is 17.7 Å². The van der Waals surface area contributed by atoms with Crippen LogP contribution in [0.15, 0.2) is 12.4 Å². The molecule has 2 rings (SSSR count). The van der Waals surface area contributed by atoms with Crippen LogP contribution in [-0.2, 0) is 6.42 Å². The molecule has 1 aromatic rings. The fraction of sp³-hybridized carbons (Fsp3) is 0.444. The maximum atomic E-state index is 10.7. The summed E-state index contributed by atoms with van der Waals surface area (Å²) < 4.78 is 0. The Labute approximate surface area is 81.3 Å². The van der Waals surface area contributed by atoms with E-state index in [2.05, 4.69) is 10.3 Å². The molecule has 14 heavy (non-hydrogen) atoms. The summed E-state index contributed by atoms with van der Waals surface area (Å²) >= 11 is 0. The van der Waals surface area contributed by atoms with Crippen LogP contribution >= 0.6 is 0 Å². The zero-order valence-corrected chi connectivity index (χ0v) is 7.86. The minimum atomic E-state index is -0.357. The first-order valence-corrected chi connectivity index (χ1v) is 4.54. The summed E-state index contributed by atoms with van der Waals surface area (Å²) in [7, 11) is 0. The van der Waals surface area contributed by atoms with Crippen LogP contribution in [0.3, 0.4) is 0 Å². The summed E-state index contributed by atoms with van der Waals surface area (Å²) in [6, 6.07) is 0.158. The summed E-state index contributed by atoms with van der Waals surface area (Å²) in [5.41, 5.74) is 1.93. The van der Waals surface area contributed by atoms with E-state index in [9.17, 15) is 10.1 Å². The lowest BCUT2D eigenvalue weighted by molar-refractivity contribution is -0.386. The third-order valence-corrected chi connectivity index (χ3v) is 2.56. The molecule has 0 fully saturated rings. The molecule has 74 valence electrons. The van der Waals surface area contributed by atoms with Crippen molar-refractivity contribution in [2.75, 3.05) is 6.54 Å². The van der Waals surface area contributed by atoms with Crippen molar-refractivity contribution in [3.63, 3.8) is 0 Å². The number of nitrogens with one attached hydrogen (secondary N) is 1. The minimum Gasteiger partial charge on any atom is -0.310 e. The Kier molecular flexibility index (Phi) is 2.17. The van der Waals surface area contributed by atoms with Crippen LogP contribution in [0, 0.1) is 10.1 Å². The molecule has 5 heteroatoms. The lowest BCUT2D eigenvalue weighted by Gasteiger charge is -2.22. The Morgan fingerprint density at radius 3 is 3.14 bits per heavy atom. The summed E-state index contributed by atoms with van der Waals surface area (Å²) in [5.74, 6) is 0. The summed E-state index contributed by atoms with van der Waals surface area (Å²) in [6.07, 6.45) is 3.74. The molecule has 1 N–H and O–H groups in total. The highest BCUT2D eigenvalue weighted by atomic mass is 16.6. The van der Waals surface area contributed by atoms with E-state index >= 15 is 0 Å². The average Bonchev–Trinajstić information content (AvgIpc) is 2.17. The summed E-state index contributed by atoms with van der Waals surface area (Å²) in [5, 5.41) is 14.0. The van der Waals surface area contributed by atoms with Crippen LogP contribution in [0.2, 0.25) is 0 Å². The van der Waals surface area contributed by atoms with Crippen LogP contribution in [0.25, 0.3) is 0 Å². The van der Waals surface area contributed by atoms with Gasteiger partial charge in [-0.1, -0.05) is 0 Å². The predicted molar refractivity (Wildman–Crippen MR) is 51.0 cm³/mol. The van der Waals surface area contributed by atoms with Gasteiger partial charge in [0.05, 0.1) is 4.92 Å². The molecular weight excluding hydrogens is 182 g/mol. The Bertz CT molecular complexity index is 378. The van der Waals surface area contributed by atoms with Gasteiger partial charge >= 0.3 is 0 Å². The second kappa shape index (κ2) is 3.34. The fourth-order valence-electron chi connectivity index (χ4n) is 1.82. The Balaban J connectivity index is 2.55. The topological polar surface area (TPSA) is 68.1 Å². The first-order valence-electron chi connectivity index (χ1n) is 4.54. The number of rotatable bonds is 1. The van der Waals surface area contributed by atoms with Crippen molar-refractivity contribution in [3.05, 3.63) is 33.6 Å². The van der Waals surface area contributed by atoms with Gasteiger partial charge in [-0.15, -0.1) is 0 Å². The lowest BCUT2D eigenvalue weighted by atomic mass is 9.96. The van der Waals surface area contributed by atoms with Crippen LogP contribution in [0.1, 0.15) is 24.1 Å². The molecule has 0 spiro atoms. The molecule has 1 aliphatic heterocycles. The third-order valence-electron chi connectivity index (χ3n) is 2.56. The molecule has 0 aliphatic carbocycles. The van der Waals surface area contributed by atoms with Crippen molar-refractivity contribution in [1.82, 2.24) is 10.3 Å². The van der Waals surface area contributed by atoms with Crippen LogP contribution in [-0.4, -0.2) is 16.5 Å². The number of nitro groups is 1. The predicted octanol–water partition coefficient (Wildman–Crippen LogP) is 1.20. The zero-order chi connectivity index (χ0) is 10.1. The number of fused-ring (bicyclic) bond motifs is 1. The number of nitrogens with zero attached hydrogens (tertiary/aromatic N) is 2. The van der Waals surface area contributed by atoms with Crippen LogP contribution in [0.4, 0.5) is 5.69 Å². The van der Waals surface area contributed by atoms with Gasteiger partial charge in [0, 0.05) is 24.3 Å². The maximum Gasteiger partial charge on any atom is 0.291 e. The SMILES string of the molecule is CC1NCCc2c1cncc2[N+](=O)[O-]. The molecule has 0 saturated heterocycles. The van der Waals surface area contributed by atoms with Gasteiger partial charge in [0.15, 0.2) is 0 Å². The van der Waals surface area contributed by atoms with Crippen molar-refractivity contribution in [3.8, 4) is 0 Å². The smallest absolute Gasteiger partial charge is 0.291 e. The molecule has 0 radical (unpaired) electrons. The van der Waals surface area contributed by atoms with E-state index in [1.54, 1.807) is 6.20 Å². The standard InChI is InChI=1S/C9H11N3O2/c1-6-8-4-10-5-9(12(13)14)7(8)2-3-11-6/h4-6,11H,2-3H2,1H3. The van der Waals surface area contributed by atoms with E-state index in [1.807, 2.05) is 6.92 Å². The van der Waals surface area contributed by atoms with E-state index in [1.165, 1.54) is 6.20 Å². The maximum absolute atomic E-state index is 10.7. The number of aromatic nitrogens is 1. The molecular formula is C9H11N3O2. The van der Waals surface area contributed by atoms with Gasteiger partial charge < -0.3 is 5.32 Å². The average molecular weight is 193 g/mol. The monoisotopic (exact) mass is 193 g/mol. The van der Waals surface area contributed by atoms with Crippen LogP contribution in [0.5, 0.6) is 0 Å². The summed E-state index contributed by atoms with van der Waals surface area (Å²) in [6.45, 7) is 2.78. The third kappa shape index (κ3) is 1.35. The van der Waals surface area contributed by atoms with Crippen LogP contribution < -0.4 is 5.32 Å². The summed E-state index contributed by atoms with van der Waals surface area (Å²) in [4.78, 5) is 14.3. The normalized spacial score (nSPS) is 20.2. The highest BCUT2D eigenvalue weighted by Gasteiger charge is 2.24. The van der Waals surface area contributed by atoms with E-state index in [4.69, 9.17) is 0 Å². The second-order valence-corrected chi connectivity index (χ2v) is 3.41. The highest BCUT2D eigenvalue weighted by Crippen LogP contribution is 2.28. The molecule has 0 bridgehead atoms. The minimum absolute atomic E-state index is 0.149. The second-order valence-electron chi connectivity index (χ2n) is 3.41. The number of hydrogen-bond acceptors (Lipinski definition) is 4. The van der Waals surface area contributed by atoms with Gasteiger partial charge in [-0.3, -0.25) is 15.1 Å². The molecule has 2 heterocycles. The Hall–Kier alpha value is -1.49. The number of hydrogen-bond donors (Lipinski definition) is 1. The van der Waals surface area contributed by atoms with Gasteiger partial charge in [0.2, 0.25) is 0 Å². The fourth-order valence-corrected chi connectivity index (χ4v) is 1.82. The molecule has 1 aliphatic rings. The Morgan fingerprint density at radius 2 is 2.43 bits per heavy atom. The largest absolute Gasteiger partial charge is 0.310 e. The first-order chi connectivity index (χ1) is 6.70. The van der Waals surface area contributed by atoms with Crippen molar-refractivity contribution in [1.29, 1.82) is 0 Å². The highest BCUT2D eigenvalue weighted by molar-refractivity contribution is 5.45. The first kappa shape index (κ1) is 9.08. The molecule has 1 atom stereocenters. The van der Waals surface area contributed by atoms with E-state index in [-0.39, 0.29) is 16.7 Å². The van der Waals surface area contributed by atoms with E-state index in [0.29, 0.717) is 6.42 Å². The van der Waals surface area contributed by atoms with Crippen molar-refractivity contribution in [2.24, 2.45) is 0 Å². The molecule has 5 nitrogen and oxygen atoms in total. The van der Waals surface area contributed by atoms with Gasteiger partial charge in [0.1, 0.15) is 6.20 Å². The molecule has 1 aromatic heterocycles. The molecule has 0 aromatic carbocycles. The quantitative estimate of drug-likeness (QED) is 0.537. The van der Waals surface area contributed by atoms with Crippen molar-refractivity contribution in [2.45, 2.75) is 19.4 Å². The zero-order valence-electron chi connectivity index (χ0n) is 7.86. The molecule has 0 saturated carbocycles. The van der Waals surface area contributed by atoms with Gasteiger partial charge in [-0.25, -0.2) is 0 Å². The number of pyridine rings is 1. The van der Waals surface area contributed by atoms with Gasteiger partial charge in [-0.05, 0) is 18.9 Å². The lowest BCUT2D eigenvalue weighted by Crippen LogP contribution is -2.28. The van der Waals surface area contributed by atoms with Crippen molar-refractivity contribution >= 4 is 5.69 Å². The Morgan fingerprint density at radius 1 is 1.64 bits per heavy atom. The van der Waals surface area contributed by atoms with Crippen molar-refractivity contribution < 1.29 is 4.92 Å². The van der Waals surface area contributed by atoms with Gasteiger partial charge in [0.25, 0.3) is 5.69 Å². The van der Waals surface area contributed by atoms with E-state index < -0.39 is 0 Å². The molecule has 1 unspecified atom stereocenters. The van der Waals surface area contributed by atoms with Gasteiger partial charge in [-0.2, -0.15) is 0 Å².